The molecular weight excluding hydrogens is 546 g/mol. The molecule has 0 aliphatic carbocycles. The minimum Gasteiger partial charge on any atom is -0.368 e. The van der Waals surface area contributed by atoms with Crippen molar-refractivity contribution in [1.29, 1.82) is 0 Å². The SMILES string of the molecule is CN(CCCN1CCNCC1)C(=O)c1ccc(N2CCN(c3ccc4c(c3)CN(C3CCC(=O)NC3=O)C4=O)CC2)cc1. The van der Waals surface area contributed by atoms with Crippen molar-refractivity contribution in [3.05, 3.63) is 59.2 Å². The third-order valence-electron chi connectivity index (χ3n) is 9.16. The lowest BCUT2D eigenvalue weighted by molar-refractivity contribution is -0.136. The Morgan fingerprint density at radius 2 is 1.58 bits per heavy atom. The molecule has 0 spiro atoms. The first-order valence-electron chi connectivity index (χ1n) is 15.4. The van der Waals surface area contributed by atoms with Crippen LogP contribution in [0.15, 0.2) is 42.5 Å². The van der Waals surface area contributed by atoms with Gasteiger partial charge in [0.25, 0.3) is 11.8 Å². The Morgan fingerprint density at radius 1 is 0.907 bits per heavy atom. The zero-order chi connectivity index (χ0) is 29.9. The van der Waals surface area contributed by atoms with Crippen molar-refractivity contribution < 1.29 is 19.2 Å². The predicted molar refractivity (Wildman–Crippen MR) is 164 cm³/mol. The van der Waals surface area contributed by atoms with Crippen molar-refractivity contribution in [2.75, 3.05) is 82.3 Å². The summed E-state index contributed by atoms with van der Waals surface area (Å²) >= 11 is 0. The highest BCUT2D eigenvalue weighted by Crippen LogP contribution is 2.31. The minimum absolute atomic E-state index is 0.0583. The smallest absolute Gasteiger partial charge is 0.255 e. The van der Waals surface area contributed by atoms with Gasteiger partial charge in [0.05, 0.1) is 0 Å². The Bertz CT molecular complexity index is 1370. The fourth-order valence-corrected chi connectivity index (χ4v) is 6.58. The summed E-state index contributed by atoms with van der Waals surface area (Å²) in [5.74, 6) is -0.761. The van der Waals surface area contributed by atoms with Crippen LogP contribution in [0.1, 0.15) is 45.5 Å². The van der Waals surface area contributed by atoms with E-state index >= 15 is 0 Å². The van der Waals surface area contributed by atoms with Crippen LogP contribution in [0, 0.1) is 0 Å². The lowest BCUT2D eigenvalue weighted by Gasteiger charge is -2.37. The molecule has 3 saturated heterocycles. The van der Waals surface area contributed by atoms with Crippen LogP contribution in [-0.2, 0) is 16.1 Å². The van der Waals surface area contributed by atoms with Crippen LogP contribution in [0.2, 0.25) is 0 Å². The number of imide groups is 1. The number of carbonyl (C=O) groups excluding carboxylic acids is 4. The first-order valence-corrected chi connectivity index (χ1v) is 15.4. The number of anilines is 2. The number of piperazine rings is 2. The second kappa shape index (κ2) is 12.7. The van der Waals surface area contributed by atoms with E-state index in [4.69, 9.17) is 0 Å². The maximum absolute atomic E-state index is 13.0. The van der Waals surface area contributed by atoms with Crippen molar-refractivity contribution in [1.82, 2.24) is 25.3 Å². The third kappa shape index (κ3) is 6.37. The highest BCUT2D eigenvalue weighted by Gasteiger charge is 2.39. The molecule has 0 radical (unpaired) electrons. The fourth-order valence-electron chi connectivity index (χ4n) is 6.58. The van der Waals surface area contributed by atoms with Crippen molar-refractivity contribution in [2.45, 2.75) is 31.8 Å². The summed E-state index contributed by atoms with van der Waals surface area (Å²) in [5.41, 5.74) is 4.44. The van der Waals surface area contributed by atoms with Crippen molar-refractivity contribution in [3.63, 3.8) is 0 Å². The summed E-state index contributed by atoms with van der Waals surface area (Å²) in [6.45, 7) is 9.74. The first-order chi connectivity index (χ1) is 20.9. The molecule has 0 aromatic heterocycles. The molecule has 11 nitrogen and oxygen atoms in total. The van der Waals surface area contributed by atoms with Gasteiger partial charge in [0.15, 0.2) is 0 Å². The number of nitrogens with zero attached hydrogens (tertiary/aromatic N) is 5. The monoisotopic (exact) mass is 587 g/mol. The summed E-state index contributed by atoms with van der Waals surface area (Å²) in [6.07, 6.45) is 1.59. The Hall–Kier alpha value is -3.96. The van der Waals surface area contributed by atoms with Gasteiger partial charge >= 0.3 is 0 Å². The molecule has 6 rings (SSSR count). The fraction of sp³-hybridized carbons (Fsp3) is 0.500. The molecule has 4 aliphatic rings. The van der Waals surface area contributed by atoms with E-state index in [0.29, 0.717) is 24.1 Å². The Kier molecular flexibility index (Phi) is 8.62. The van der Waals surface area contributed by atoms with Crippen molar-refractivity contribution >= 4 is 35.0 Å². The van der Waals surface area contributed by atoms with Crippen LogP contribution in [-0.4, -0.2) is 117 Å². The maximum Gasteiger partial charge on any atom is 0.255 e. The quantitative estimate of drug-likeness (QED) is 0.443. The Morgan fingerprint density at radius 3 is 2.28 bits per heavy atom. The summed E-state index contributed by atoms with van der Waals surface area (Å²) in [7, 11) is 1.88. The molecule has 1 unspecified atom stereocenters. The summed E-state index contributed by atoms with van der Waals surface area (Å²) in [6, 6.07) is 13.3. The van der Waals surface area contributed by atoms with Gasteiger partial charge < -0.3 is 29.8 Å². The van der Waals surface area contributed by atoms with Crippen molar-refractivity contribution in [3.8, 4) is 0 Å². The largest absolute Gasteiger partial charge is 0.368 e. The molecule has 0 saturated carbocycles. The number of rotatable bonds is 8. The summed E-state index contributed by atoms with van der Waals surface area (Å²) < 4.78 is 0. The zero-order valence-corrected chi connectivity index (χ0v) is 24.9. The molecule has 3 fully saturated rings. The van der Waals surface area contributed by atoms with E-state index in [1.54, 1.807) is 4.90 Å². The predicted octanol–water partition coefficient (Wildman–Crippen LogP) is 1.14. The number of fused-ring (bicyclic) bond motifs is 1. The van der Waals surface area contributed by atoms with Gasteiger partial charge in [-0.25, -0.2) is 0 Å². The molecule has 2 N–H and O–H groups in total. The number of hydrogen-bond donors (Lipinski definition) is 2. The van der Waals surface area contributed by atoms with Crippen LogP contribution < -0.4 is 20.4 Å². The lowest BCUT2D eigenvalue weighted by atomic mass is 10.0. The molecule has 228 valence electrons. The molecule has 4 amide bonds. The molecule has 2 aromatic rings. The zero-order valence-electron chi connectivity index (χ0n) is 24.9. The number of nitrogens with one attached hydrogen (secondary N) is 2. The molecule has 4 aliphatic heterocycles. The van der Waals surface area contributed by atoms with Crippen molar-refractivity contribution in [2.24, 2.45) is 0 Å². The number of hydrogen-bond acceptors (Lipinski definition) is 8. The van der Waals surface area contributed by atoms with E-state index in [1.165, 1.54) is 0 Å². The molecule has 2 aromatic carbocycles. The van der Waals surface area contributed by atoms with Gasteiger partial charge in [-0.15, -0.1) is 0 Å². The maximum atomic E-state index is 13.0. The normalized spacial score (nSPS) is 21.2. The van der Waals surface area contributed by atoms with Gasteiger partial charge in [0.1, 0.15) is 6.04 Å². The summed E-state index contributed by atoms with van der Waals surface area (Å²) in [4.78, 5) is 60.4. The number of benzene rings is 2. The van der Waals surface area contributed by atoms with Gasteiger partial charge in [-0.3, -0.25) is 24.5 Å². The van der Waals surface area contributed by atoms with Gasteiger partial charge in [0.2, 0.25) is 11.8 Å². The highest BCUT2D eigenvalue weighted by atomic mass is 16.2. The van der Waals surface area contributed by atoms with E-state index < -0.39 is 6.04 Å². The number of carbonyl (C=O) groups is 4. The van der Waals surface area contributed by atoms with E-state index in [-0.39, 0.29) is 30.0 Å². The molecular formula is C32H41N7O4. The second-order valence-electron chi connectivity index (χ2n) is 11.9. The Balaban J connectivity index is 0.997. The van der Waals surface area contributed by atoms with E-state index in [9.17, 15) is 19.2 Å². The number of amides is 4. The summed E-state index contributed by atoms with van der Waals surface area (Å²) in [5, 5.41) is 5.73. The second-order valence-corrected chi connectivity index (χ2v) is 11.9. The van der Waals surface area contributed by atoms with E-state index in [2.05, 4.69) is 31.4 Å². The van der Waals surface area contributed by atoms with Gasteiger partial charge in [0, 0.05) is 101 Å². The average molecular weight is 588 g/mol. The lowest BCUT2D eigenvalue weighted by Crippen LogP contribution is -2.52. The topological polar surface area (TPSA) is 109 Å². The van der Waals surface area contributed by atoms with Crippen LogP contribution in [0.3, 0.4) is 0 Å². The Labute approximate surface area is 252 Å². The molecule has 1 atom stereocenters. The minimum atomic E-state index is -0.603. The standard InChI is InChI=1S/C32H41N7O4/c1-35(13-2-14-36-15-11-33-12-16-36)31(42)23-3-5-25(6-4-23)37-17-19-38(20-18-37)26-7-8-27-24(21-26)22-39(32(27)43)28-9-10-29(40)34-30(28)41/h3-8,21,28,33H,2,9-20,22H2,1H3,(H,34,40,41). The van der Waals surface area contributed by atoms with Gasteiger partial charge in [-0.2, -0.15) is 0 Å². The molecule has 4 heterocycles. The van der Waals surface area contributed by atoms with Gasteiger partial charge in [-0.1, -0.05) is 0 Å². The van der Waals surface area contributed by atoms with Gasteiger partial charge in [-0.05, 0) is 67.4 Å². The molecule has 11 heteroatoms. The highest BCUT2D eigenvalue weighted by molar-refractivity contribution is 6.05. The van der Waals surface area contributed by atoms with E-state index in [0.717, 1.165) is 88.8 Å². The number of piperidine rings is 1. The molecule has 43 heavy (non-hydrogen) atoms. The third-order valence-corrected chi connectivity index (χ3v) is 9.16. The van der Waals surface area contributed by atoms with Crippen LogP contribution >= 0.6 is 0 Å². The average Bonchev–Trinajstić information content (AvgIpc) is 3.36. The van der Waals surface area contributed by atoms with Crippen LogP contribution in [0.5, 0.6) is 0 Å². The van der Waals surface area contributed by atoms with E-state index in [1.807, 2.05) is 48.3 Å². The first kappa shape index (κ1) is 29.1. The van der Waals surface area contributed by atoms with Crippen LogP contribution in [0.4, 0.5) is 11.4 Å². The molecule has 0 bridgehead atoms. The van der Waals surface area contributed by atoms with Crippen LogP contribution in [0.25, 0.3) is 0 Å².